The second-order valence-corrected chi connectivity index (χ2v) is 6.84. The lowest BCUT2D eigenvalue weighted by atomic mass is 9.96. The minimum Gasteiger partial charge on any atom is -0.338 e. The van der Waals surface area contributed by atoms with E-state index in [1.807, 2.05) is 6.92 Å². The molecule has 0 amide bonds. The van der Waals surface area contributed by atoms with Crippen molar-refractivity contribution >= 4 is 11.3 Å². The fraction of sp³-hybridized carbons (Fsp3) is 0.643. The third kappa shape index (κ3) is 3.64. The van der Waals surface area contributed by atoms with E-state index < -0.39 is 0 Å². The smallest absolute Gasteiger partial charge is 0.243 e. The quantitative estimate of drug-likeness (QED) is 0.917. The van der Waals surface area contributed by atoms with Crippen LogP contribution in [-0.4, -0.2) is 15.1 Å². The number of aryl methyl sites for hydroxylation is 1. The van der Waals surface area contributed by atoms with Crippen LogP contribution in [0.2, 0.25) is 0 Å². The normalized spacial score (nSPS) is 13.7. The maximum Gasteiger partial charge on any atom is 0.243 e. The number of hydrogen-bond donors (Lipinski definition) is 1. The van der Waals surface area contributed by atoms with Gasteiger partial charge < -0.3 is 9.84 Å². The first-order chi connectivity index (χ1) is 9.40. The lowest BCUT2D eigenvalue weighted by molar-refractivity contribution is 0.330. The average molecular weight is 294 g/mol. The van der Waals surface area contributed by atoms with Gasteiger partial charge in [-0.05, 0) is 13.3 Å². The van der Waals surface area contributed by atoms with Crippen molar-refractivity contribution in [1.29, 1.82) is 0 Å². The lowest BCUT2D eigenvalue weighted by Gasteiger charge is -2.11. The summed E-state index contributed by atoms with van der Waals surface area (Å²) in [5.74, 6) is 1.36. The lowest BCUT2D eigenvalue weighted by Crippen LogP contribution is -2.19. The zero-order valence-electron chi connectivity index (χ0n) is 12.7. The van der Waals surface area contributed by atoms with E-state index in [0.29, 0.717) is 12.4 Å². The Labute approximate surface area is 123 Å². The summed E-state index contributed by atoms with van der Waals surface area (Å²) in [6.45, 7) is 11.1. The van der Waals surface area contributed by atoms with Crippen molar-refractivity contribution in [2.24, 2.45) is 0 Å². The number of hydrogen-bond acceptors (Lipinski definition) is 6. The van der Waals surface area contributed by atoms with Crippen molar-refractivity contribution in [3.63, 3.8) is 0 Å². The van der Waals surface area contributed by atoms with Gasteiger partial charge >= 0.3 is 0 Å². The molecule has 2 heterocycles. The van der Waals surface area contributed by atoms with Crippen LogP contribution in [0.15, 0.2) is 9.90 Å². The maximum absolute atomic E-state index is 5.33. The Hall–Kier alpha value is -1.27. The van der Waals surface area contributed by atoms with E-state index in [4.69, 9.17) is 4.52 Å². The van der Waals surface area contributed by atoms with Crippen LogP contribution >= 0.6 is 11.3 Å². The monoisotopic (exact) mass is 294 g/mol. The largest absolute Gasteiger partial charge is 0.338 e. The standard InChI is InChI=1S/C14H22N4OS/c1-6-11-16-10(8-20-11)7-15-9(2)12-17-13(18-19-12)14(3,4)5/h8-9,15H,6-7H2,1-5H3. The molecule has 0 radical (unpaired) electrons. The number of rotatable bonds is 5. The molecule has 110 valence electrons. The highest BCUT2D eigenvalue weighted by atomic mass is 32.1. The first-order valence-corrected chi connectivity index (χ1v) is 7.79. The Balaban J connectivity index is 1.94. The molecule has 2 rings (SSSR count). The van der Waals surface area contributed by atoms with Gasteiger partial charge in [0.1, 0.15) is 0 Å². The number of aromatic nitrogens is 3. The van der Waals surface area contributed by atoms with Gasteiger partial charge in [0, 0.05) is 17.3 Å². The molecule has 1 atom stereocenters. The zero-order chi connectivity index (χ0) is 14.8. The summed E-state index contributed by atoms with van der Waals surface area (Å²) in [4.78, 5) is 8.99. The van der Waals surface area contributed by atoms with Gasteiger partial charge in [-0.3, -0.25) is 0 Å². The number of thiazole rings is 1. The fourth-order valence-electron chi connectivity index (χ4n) is 1.65. The second-order valence-electron chi connectivity index (χ2n) is 5.89. The van der Waals surface area contributed by atoms with Crippen LogP contribution in [0.25, 0.3) is 0 Å². The Kier molecular flexibility index (Phi) is 4.55. The van der Waals surface area contributed by atoms with Crippen LogP contribution in [0, 0.1) is 0 Å². The zero-order valence-corrected chi connectivity index (χ0v) is 13.5. The van der Waals surface area contributed by atoms with Gasteiger partial charge in [-0.15, -0.1) is 11.3 Å². The van der Waals surface area contributed by atoms with Gasteiger partial charge in [-0.2, -0.15) is 4.98 Å². The van der Waals surface area contributed by atoms with E-state index in [0.717, 1.165) is 17.9 Å². The van der Waals surface area contributed by atoms with E-state index in [1.54, 1.807) is 11.3 Å². The van der Waals surface area contributed by atoms with Crippen LogP contribution in [0.3, 0.4) is 0 Å². The molecule has 2 aromatic heterocycles. The molecule has 0 aliphatic carbocycles. The van der Waals surface area contributed by atoms with E-state index in [1.165, 1.54) is 5.01 Å². The minimum absolute atomic E-state index is 0.0189. The maximum atomic E-state index is 5.33. The SMILES string of the molecule is CCc1nc(CNC(C)c2nc(C(C)(C)C)no2)cs1. The van der Waals surface area contributed by atoms with E-state index >= 15 is 0 Å². The van der Waals surface area contributed by atoms with Crippen LogP contribution in [0.5, 0.6) is 0 Å². The van der Waals surface area contributed by atoms with Crippen molar-refractivity contribution in [3.8, 4) is 0 Å². The molecule has 0 fully saturated rings. The van der Waals surface area contributed by atoms with Crippen molar-refractivity contribution < 1.29 is 4.52 Å². The van der Waals surface area contributed by atoms with E-state index in [2.05, 4.69) is 53.5 Å². The summed E-state index contributed by atoms with van der Waals surface area (Å²) in [6, 6.07) is 0.0189. The molecule has 0 bridgehead atoms. The van der Waals surface area contributed by atoms with Crippen LogP contribution in [0.1, 0.15) is 63.1 Å². The molecule has 1 N–H and O–H groups in total. The van der Waals surface area contributed by atoms with Gasteiger partial charge in [-0.25, -0.2) is 4.98 Å². The van der Waals surface area contributed by atoms with Crippen molar-refractivity contribution in [3.05, 3.63) is 27.8 Å². The molecule has 0 saturated carbocycles. The molecule has 2 aromatic rings. The molecule has 0 aromatic carbocycles. The first kappa shape index (κ1) is 15.1. The summed E-state index contributed by atoms with van der Waals surface area (Å²) >= 11 is 1.70. The third-order valence-corrected chi connectivity index (χ3v) is 4.02. The van der Waals surface area contributed by atoms with Gasteiger partial charge in [0.2, 0.25) is 5.89 Å². The van der Waals surface area contributed by atoms with Crippen molar-refractivity contribution in [1.82, 2.24) is 20.4 Å². The molecule has 0 aliphatic heterocycles. The van der Waals surface area contributed by atoms with Crippen molar-refractivity contribution in [2.45, 2.75) is 59.0 Å². The topological polar surface area (TPSA) is 63.8 Å². The molecular weight excluding hydrogens is 272 g/mol. The molecule has 0 aliphatic rings. The van der Waals surface area contributed by atoms with Gasteiger partial charge in [-0.1, -0.05) is 32.9 Å². The van der Waals surface area contributed by atoms with Crippen LogP contribution in [0.4, 0.5) is 0 Å². The van der Waals surface area contributed by atoms with Gasteiger partial charge in [0.15, 0.2) is 5.82 Å². The Bertz CT molecular complexity index is 556. The van der Waals surface area contributed by atoms with Gasteiger partial charge in [0.05, 0.1) is 16.7 Å². The van der Waals surface area contributed by atoms with Crippen molar-refractivity contribution in [2.75, 3.05) is 0 Å². The summed E-state index contributed by atoms with van der Waals surface area (Å²) < 4.78 is 5.33. The predicted molar refractivity (Wildman–Crippen MR) is 79.7 cm³/mol. The molecule has 0 spiro atoms. The highest BCUT2D eigenvalue weighted by molar-refractivity contribution is 7.09. The number of nitrogens with one attached hydrogen (secondary N) is 1. The summed E-state index contributed by atoms with van der Waals surface area (Å²) in [6.07, 6.45) is 0.985. The fourth-order valence-corrected chi connectivity index (χ4v) is 2.40. The van der Waals surface area contributed by atoms with E-state index in [-0.39, 0.29) is 11.5 Å². The summed E-state index contributed by atoms with van der Waals surface area (Å²) in [7, 11) is 0. The Morgan fingerprint density at radius 2 is 2.10 bits per heavy atom. The van der Waals surface area contributed by atoms with Crippen LogP contribution in [-0.2, 0) is 18.4 Å². The average Bonchev–Trinajstić information content (AvgIpc) is 3.04. The summed E-state index contributed by atoms with van der Waals surface area (Å²) in [5.41, 5.74) is 0.973. The van der Waals surface area contributed by atoms with E-state index in [9.17, 15) is 0 Å². The molecule has 6 heteroatoms. The highest BCUT2D eigenvalue weighted by Crippen LogP contribution is 2.21. The molecule has 1 unspecified atom stereocenters. The van der Waals surface area contributed by atoms with Crippen LogP contribution < -0.4 is 5.32 Å². The third-order valence-electron chi connectivity index (χ3n) is 2.97. The molecule has 5 nitrogen and oxygen atoms in total. The Morgan fingerprint density at radius 1 is 1.35 bits per heavy atom. The Morgan fingerprint density at radius 3 is 2.65 bits per heavy atom. The first-order valence-electron chi connectivity index (χ1n) is 6.91. The summed E-state index contributed by atoms with van der Waals surface area (Å²) in [5, 5.41) is 10.7. The number of nitrogens with zero attached hydrogens (tertiary/aromatic N) is 3. The van der Waals surface area contributed by atoms with Gasteiger partial charge in [0.25, 0.3) is 0 Å². The molecular formula is C14H22N4OS. The highest BCUT2D eigenvalue weighted by Gasteiger charge is 2.22. The minimum atomic E-state index is -0.0909. The second kappa shape index (κ2) is 6.01. The predicted octanol–water partition coefficient (Wildman–Crippen LogP) is 3.24. The molecule has 0 saturated heterocycles. The molecule has 20 heavy (non-hydrogen) atoms.